The predicted octanol–water partition coefficient (Wildman–Crippen LogP) is 1.12. The van der Waals surface area contributed by atoms with Crippen LogP contribution in [0.2, 0.25) is 0 Å². The lowest BCUT2D eigenvalue weighted by Gasteiger charge is -2.05. The Hall–Kier alpha value is -2.22. The summed E-state index contributed by atoms with van der Waals surface area (Å²) in [7, 11) is 0. The number of hydrogen-bond acceptors (Lipinski definition) is 4. The number of hydrogen-bond donors (Lipinski definition) is 1. The number of fused-ring (bicyclic) bond motifs is 1. The molecule has 2 aromatic heterocycles. The highest BCUT2D eigenvalue weighted by atomic mass is 16.1. The fourth-order valence-electron chi connectivity index (χ4n) is 1.76. The summed E-state index contributed by atoms with van der Waals surface area (Å²) >= 11 is 0. The van der Waals surface area contributed by atoms with Gasteiger partial charge in [0.2, 0.25) is 0 Å². The second-order valence-electron chi connectivity index (χ2n) is 3.64. The van der Waals surface area contributed by atoms with E-state index in [4.69, 9.17) is 5.26 Å². The maximum Gasteiger partial charge on any atom is 0.260 e. The highest BCUT2D eigenvalue weighted by Crippen LogP contribution is 2.17. The molecule has 0 aliphatic rings. The number of pyridine rings is 1. The Morgan fingerprint density at radius 1 is 1.19 bits per heavy atom. The van der Waals surface area contributed by atoms with Gasteiger partial charge in [-0.05, 0) is 20.8 Å². The van der Waals surface area contributed by atoms with E-state index >= 15 is 0 Å². The molecule has 0 saturated heterocycles. The number of nitrogens with zero attached hydrogens (tertiary/aromatic N) is 3. The molecule has 0 radical (unpaired) electrons. The number of rotatable bonds is 0. The van der Waals surface area contributed by atoms with Crippen molar-refractivity contribution in [2.24, 2.45) is 0 Å². The van der Waals surface area contributed by atoms with Crippen molar-refractivity contribution in [2.45, 2.75) is 20.8 Å². The Morgan fingerprint density at radius 2 is 1.88 bits per heavy atom. The van der Waals surface area contributed by atoms with Gasteiger partial charge in [0, 0.05) is 0 Å². The Balaban J connectivity index is 3.14. The van der Waals surface area contributed by atoms with Crippen LogP contribution in [-0.4, -0.2) is 15.0 Å². The van der Waals surface area contributed by atoms with E-state index in [0.717, 1.165) is 0 Å². The highest BCUT2D eigenvalue weighted by Gasteiger charge is 2.13. The van der Waals surface area contributed by atoms with Crippen LogP contribution in [0.15, 0.2) is 4.79 Å². The van der Waals surface area contributed by atoms with E-state index in [1.54, 1.807) is 20.8 Å². The average molecular weight is 214 g/mol. The number of aryl methyl sites for hydroxylation is 3. The molecular formula is C11H10N4O. The molecule has 80 valence electrons. The lowest BCUT2D eigenvalue weighted by Crippen LogP contribution is -2.13. The van der Waals surface area contributed by atoms with Crippen molar-refractivity contribution in [2.75, 3.05) is 0 Å². The van der Waals surface area contributed by atoms with Gasteiger partial charge in [-0.25, -0.2) is 4.98 Å². The summed E-state index contributed by atoms with van der Waals surface area (Å²) in [5.74, 6) is 0.523. The maximum atomic E-state index is 11.8. The van der Waals surface area contributed by atoms with E-state index in [9.17, 15) is 4.79 Å². The Morgan fingerprint density at radius 3 is 2.50 bits per heavy atom. The van der Waals surface area contributed by atoms with Gasteiger partial charge in [0.15, 0.2) is 0 Å². The summed E-state index contributed by atoms with van der Waals surface area (Å²) in [5, 5.41) is 9.36. The third kappa shape index (κ3) is 1.36. The van der Waals surface area contributed by atoms with Crippen LogP contribution in [0, 0.1) is 32.1 Å². The second kappa shape index (κ2) is 3.42. The Labute approximate surface area is 91.8 Å². The van der Waals surface area contributed by atoms with Crippen molar-refractivity contribution < 1.29 is 0 Å². The SMILES string of the molecule is Cc1nc2c(C)nc(C)c(C#N)c2c(=O)[nH]1. The number of aromatic amines is 1. The number of nitrogens with one attached hydrogen (secondary N) is 1. The first-order valence-corrected chi connectivity index (χ1v) is 4.82. The van der Waals surface area contributed by atoms with E-state index in [2.05, 4.69) is 15.0 Å². The largest absolute Gasteiger partial charge is 0.310 e. The van der Waals surface area contributed by atoms with Crippen LogP contribution in [0.5, 0.6) is 0 Å². The first kappa shape index (κ1) is 10.3. The van der Waals surface area contributed by atoms with Crippen LogP contribution >= 0.6 is 0 Å². The summed E-state index contributed by atoms with van der Waals surface area (Å²) in [6, 6.07) is 2.00. The molecular weight excluding hydrogens is 204 g/mol. The zero-order chi connectivity index (χ0) is 11.9. The van der Waals surface area contributed by atoms with E-state index in [-0.39, 0.29) is 5.56 Å². The van der Waals surface area contributed by atoms with Gasteiger partial charge in [-0.3, -0.25) is 9.78 Å². The van der Waals surface area contributed by atoms with Crippen LogP contribution in [-0.2, 0) is 0 Å². The summed E-state index contributed by atoms with van der Waals surface area (Å²) in [4.78, 5) is 22.8. The molecule has 0 saturated carbocycles. The highest BCUT2D eigenvalue weighted by molar-refractivity contribution is 5.86. The number of aromatic nitrogens is 3. The van der Waals surface area contributed by atoms with Crippen LogP contribution in [0.25, 0.3) is 10.9 Å². The normalized spacial score (nSPS) is 10.4. The fraction of sp³-hybridized carbons (Fsp3) is 0.273. The average Bonchev–Trinajstić information content (AvgIpc) is 2.20. The minimum Gasteiger partial charge on any atom is -0.310 e. The molecule has 5 heteroatoms. The Bertz CT molecular complexity index is 679. The molecule has 0 aliphatic heterocycles. The molecule has 0 atom stereocenters. The summed E-state index contributed by atoms with van der Waals surface area (Å²) in [6.07, 6.45) is 0. The molecule has 0 spiro atoms. The molecule has 0 aromatic carbocycles. The summed E-state index contributed by atoms with van der Waals surface area (Å²) in [5.41, 5.74) is 1.75. The molecule has 2 aromatic rings. The minimum absolute atomic E-state index is 0.285. The molecule has 0 amide bonds. The van der Waals surface area contributed by atoms with E-state index < -0.39 is 0 Å². The van der Waals surface area contributed by atoms with E-state index in [0.29, 0.717) is 33.7 Å². The van der Waals surface area contributed by atoms with Crippen LogP contribution in [0.1, 0.15) is 22.8 Å². The van der Waals surface area contributed by atoms with Gasteiger partial charge in [0.25, 0.3) is 5.56 Å². The third-order valence-corrected chi connectivity index (χ3v) is 2.44. The van der Waals surface area contributed by atoms with Gasteiger partial charge >= 0.3 is 0 Å². The zero-order valence-electron chi connectivity index (χ0n) is 9.25. The molecule has 5 nitrogen and oxygen atoms in total. The minimum atomic E-state index is -0.285. The molecule has 0 aliphatic carbocycles. The number of nitriles is 1. The van der Waals surface area contributed by atoms with Crippen molar-refractivity contribution >= 4 is 10.9 Å². The predicted molar refractivity (Wildman–Crippen MR) is 59.1 cm³/mol. The summed E-state index contributed by atoms with van der Waals surface area (Å²) in [6.45, 7) is 5.19. The lowest BCUT2D eigenvalue weighted by atomic mass is 10.1. The molecule has 0 fully saturated rings. The van der Waals surface area contributed by atoms with Gasteiger partial charge in [0.1, 0.15) is 17.4 Å². The van der Waals surface area contributed by atoms with Crippen molar-refractivity contribution in [3.8, 4) is 6.07 Å². The topological polar surface area (TPSA) is 82.4 Å². The van der Waals surface area contributed by atoms with Gasteiger partial charge in [-0.2, -0.15) is 5.26 Å². The fourth-order valence-corrected chi connectivity index (χ4v) is 1.76. The van der Waals surface area contributed by atoms with E-state index in [1.807, 2.05) is 6.07 Å². The molecule has 2 rings (SSSR count). The van der Waals surface area contributed by atoms with Crippen LogP contribution < -0.4 is 5.56 Å². The second-order valence-corrected chi connectivity index (χ2v) is 3.64. The molecule has 16 heavy (non-hydrogen) atoms. The van der Waals surface area contributed by atoms with Gasteiger partial charge in [-0.1, -0.05) is 0 Å². The van der Waals surface area contributed by atoms with Crippen molar-refractivity contribution in [1.82, 2.24) is 15.0 Å². The quantitative estimate of drug-likeness (QED) is 0.712. The van der Waals surface area contributed by atoms with Crippen LogP contribution in [0.4, 0.5) is 0 Å². The molecule has 1 N–H and O–H groups in total. The van der Waals surface area contributed by atoms with Gasteiger partial charge in [-0.15, -0.1) is 0 Å². The molecule has 0 bridgehead atoms. The molecule has 0 unspecified atom stereocenters. The Kier molecular flexibility index (Phi) is 2.20. The van der Waals surface area contributed by atoms with Crippen molar-refractivity contribution in [1.29, 1.82) is 5.26 Å². The zero-order valence-corrected chi connectivity index (χ0v) is 9.25. The van der Waals surface area contributed by atoms with E-state index in [1.165, 1.54) is 0 Å². The van der Waals surface area contributed by atoms with Crippen LogP contribution in [0.3, 0.4) is 0 Å². The first-order valence-electron chi connectivity index (χ1n) is 4.82. The third-order valence-electron chi connectivity index (χ3n) is 2.44. The first-order chi connectivity index (χ1) is 7.54. The van der Waals surface area contributed by atoms with Gasteiger partial charge < -0.3 is 4.98 Å². The standard InChI is InChI=1S/C11H10N4O/c1-5-8(4-12)9-10(6(2)13-5)14-7(3)15-11(9)16/h1-3H3,(H,14,15,16). The van der Waals surface area contributed by atoms with Crippen molar-refractivity contribution in [3.05, 3.63) is 33.1 Å². The maximum absolute atomic E-state index is 11.8. The number of H-pyrrole nitrogens is 1. The van der Waals surface area contributed by atoms with Gasteiger partial charge in [0.05, 0.1) is 22.3 Å². The molecule has 2 heterocycles. The van der Waals surface area contributed by atoms with Crippen molar-refractivity contribution in [3.63, 3.8) is 0 Å². The lowest BCUT2D eigenvalue weighted by molar-refractivity contribution is 1.03. The summed E-state index contributed by atoms with van der Waals surface area (Å²) < 4.78 is 0. The smallest absolute Gasteiger partial charge is 0.260 e. The monoisotopic (exact) mass is 214 g/mol.